The minimum atomic E-state index is 0.0215. The molecular formula is C12H20N2O. The van der Waals surface area contributed by atoms with E-state index >= 15 is 0 Å². The second-order valence-electron chi connectivity index (χ2n) is 5.71. The van der Waals surface area contributed by atoms with Crippen LogP contribution in [0, 0.1) is 5.92 Å². The van der Waals surface area contributed by atoms with Gasteiger partial charge in [-0.2, -0.15) is 0 Å². The lowest BCUT2D eigenvalue weighted by Crippen LogP contribution is -2.21. The fourth-order valence-electron chi connectivity index (χ4n) is 1.89. The molecule has 1 N–H and O–H groups in total. The first-order valence-corrected chi connectivity index (χ1v) is 5.71. The molecule has 15 heavy (non-hydrogen) atoms. The number of aromatic nitrogens is 2. The number of nitrogens with one attached hydrogen (secondary N) is 1. The molecule has 0 spiro atoms. The standard InChI is InChI=1S/C12H20N2O/c1-8(9-5-6-9)14-11(15)7-10(13-14)12(2,3)4/h7-9,13H,5-6H2,1-4H3. The minimum Gasteiger partial charge on any atom is -0.299 e. The van der Waals surface area contributed by atoms with Crippen molar-refractivity contribution in [2.75, 3.05) is 0 Å². The van der Waals surface area contributed by atoms with Gasteiger partial charge >= 0.3 is 0 Å². The molecule has 1 aromatic heterocycles. The molecule has 2 rings (SSSR count). The van der Waals surface area contributed by atoms with Crippen LogP contribution < -0.4 is 5.56 Å². The van der Waals surface area contributed by atoms with Crippen molar-refractivity contribution in [2.45, 2.75) is 52.0 Å². The fourth-order valence-corrected chi connectivity index (χ4v) is 1.89. The highest BCUT2D eigenvalue weighted by atomic mass is 16.1. The molecule has 0 aromatic carbocycles. The molecule has 0 bridgehead atoms. The van der Waals surface area contributed by atoms with Gasteiger partial charge in [0.1, 0.15) is 0 Å². The highest BCUT2D eigenvalue weighted by molar-refractivity contribution is 5.11. The third-order valence-electron chi connectivity index (χ3n) is 3.27. The summed E-state index contributed by atoms with van der Waals surface area (Å²) in [6, 6.07) is 2.06. The Labute approximate surface area is 90.5 Å². The van der Waals surface area contributed by atoms with Crippen LogP contribution in [-0.2, 0) is 5.41 Å². The summed E-state index contributed by atoms with van der Waals surface area (Å²) in [5.41, 5.74) is 1.16. The Kier molecular flexibility index (Phi) is 2.28. The lowest BCUT2D eigenvalue weighted by Gasteiger charge is -2.17. The zero-order valence-electron chi connectivity index (χ0n) is 10.0. The molecule has 0 saturated heterocycles. The fraction of sp³-hybridized carbons (Fsp3) is 0.750. The molecule has 1 fully saturated rings. The van der Waals surface area contributed by atoms with Crippen molar-refractivity contribution in [3.8, 4) is 0 Å². The highest BCUT2D eigenvalue weighted by Gasteiger charge is 2.31. The van der Waals surface area contributed by atoms with Crippen molar-refractivity contribution in [3.63, 3.8) is 0 Å². The molecule has 1 aliphatic rings. The van der Waals surface area contributed by atoms with Gasteiger partial charge in [-0.15, -0.1) is 0 Å². The van der Waals surface area contributed by atoms with E-state index in [4.69, 9.17) is 0 Å². The Morgan fingerprint density at radius 3 is 2.47 bits per heavy atom. The van der Waals surface area contributed by atoms with Crippen LogP contribution >= 0.6 is 0 Å². The first-order chi connectivity index (χ1) is 6.89. The number of hydrogen-bond donors (Lipinski definition) is 1. The van der Waals surface area contributed by atoms with E-state index in [-0.39, 0.29) is 11.0 Å². The molecule has 1 aromatic rings. The quantitative estimate of drug-likeness (QED) is 0.796. The predicted molar refractivity (Wildman–Crippen MR) is 61.2 cm³/mol. The molecule has 1 saturated carbocycles. The molecule has 1 heterocycles. The van der Waals surface area contributed by atoms with Crippen LogP contribution in [0.1, 0.15) is 52.3 Å². The van der Waals surface area contributed by atoms with Gasteiger partial charge in [0.2, 0.25) is 0 Å². The Morgan fingerprint density at radius 1 is 1.47 bits per heavy atom. The van der Waals surface area contributed by atoms with Gasteiger partial charge in [-0.05, 0) is 25.7 Å². The van der Waals surface area contributed by atoms with Crippen molar-refractivity contribution in [3.05, 3.63) is 22.1 Å². The number of aromatic amines is 1. The number of nitrogens with zero attached hydrogens (tertiary/aromatic N) is 1. The molecule has 0 amide bonds. The maximum atomic E-state index is 11.8. The molecule has 1 atom stereocenters. The van der Waals surface area contributed by atoms with E-state index in [0.717, 1.165) is 5.69 Å². The van der Waals surface area contributed by atoms with Crippen molar-refractivity contribution >= 4 is 0 Å². The Hall–Kier alpha value is -0.990. The summed E-state index contributed by atoms with van der Waals surface area (Å²) >= 11 is 0. The van der Waals surface area contributed by atoms with Crippen LogP contribution in [0.5, 0.6) is 0 Å². The SMILES string of the molecule is CC(C1CC1)n1[nH]c(C(C)(C)C)cc1=O. The number of hydrogen-bond acceptors (Lipinski definition) is 1. The summed E-state index contributed by atoms with van der Waals surface area (Å²) in [4.78, 5) is 11.8. The van der Waals surface area contributed by atoms with Crippen LogP contribution in [0.25, 0.3) is 0 Å². The monoisotopic (exact) mass is 208 g/mol. The van der Waals surface area contributed by atoms with Crippen LogP contribution in [0.3, 0.4) is 0 Å². The third-order valence-corrected chi connectivity index (χ3v) is 3.27. The second-order valence-corrected chi connectivity index (χ2v) is 5.71. The summed E-state index contributed by atoms with van der Waals surface area (Å²) in [5, 5.41) is 3.25. The van der Waals surface area contributed by atoms with Gasteiger partial charge in [-0.3, -0.25) is 9.89 Å². The Bertz CT molecular complexity index is 404. The number of rotatable bonds is 2. The summed E-state index contributed by atoms with van der Waals surface area (Å²) in [6.45, 7) is 8.47. The van der Waals surface area contributed by atoms with Gasteiger partial charge in [0.05, 0.1) is 6.04 Å². The van der Waals surface area contributed by atoms with Gasteiger partial charge in [-0.25, -0.2) is 4.68 Å². The zero-order chi connectivity index (χ0) is 11.2. The van der Waals surface area contributed by atoms with Gasteiger partial charge in [0.25, 0.3) is 5.56 Å². The Balaban J connectivity index is 2.33. The van der Waals surface area contributed by atoms with E-state index in [0.29, 0.717) is 12.0 Å². The largest absolute Gasteiger partial charge is 0.299 e. The van der Waals surface area contributed by atoms with E-state index in [1.54, 1.807) is 10.7 Å². The first kappa shape index (κ1) is 10.5. The summed E-state index contributed by atoms with van der Waals surface area (Å²) in [7, 11) is 0. The summed E-state index contributed by atoms with van der Waals surface area (Å²) in [6.07, 6.45) is 2.52. The van der Waals surface area contributed by atoms with Crippen LogP contribution in [0.15, 0.2) is 10.9 Å². The Morgan fingerprint density at radius 2 is 2.07 bits per heavy atom. The molecule has 3 heteroatoms. The zero-order valence-corrected chi connectivity index (χ0v) is 10.0. The number of H-pyrrole nitrogens is 1. The third kappa shape index (κ3) is 2.01. The normalized spacial score (nSPS) is 19.2. The molecule has 0 radical (unpaired) electrons. The molecule has 0 aliphatic heterocycles. The maximum Gasteiger partial charge on any atom is 0.266 e. The van der Waals surface area contributed by atoms with Crippen molar-refractivity contribution in [1.29, 1.82) is 0 Å². The van der Waals surface area contributed by atoms with Gasteiger partial charge < -0.3 is 0 Å². The summed E-state index contributed by atoms with van der Waals surface area (Å²) in [5.74, 6) is 0.703. The van der Waals surface area contributed by atoms with Gasteiger partial charge in [0.15, 0.2) is 0 Å². The minimum absolute atomic E-state index is 0.0215. The molecular weight excluding hydrogens is 188 g/mol. The smallest absolute Gasteiger partial charge is 0.266 e. The molecule has 3 nitrogen and oxygen atoms in total. The van der Waals surface area contributed by atoms with Gasteiger partial charge in [-0.1, -0.05) is 20.8 Å². The van der Waals surface area contributed by atoms with Crippen molar-refractivity contribution < 1.29 is 0 Å². The lowest BCUT2D eigenvalue weighted by molar-refractivity contribution is 0.417. The average molecular weight is 208 g/mol. The van der Waals surface area contributed by atoms with E-state index in [1.807, 2.05) is 0 Å². The lowest BCUT2D eigenvalue weighted by atomic mass is 9.93. The average Bonchev–Trinajstić information content (AvgIpc) is 2.87. The van der Waals surface area contributed by atoms with Crippen molar-refractivity contribution in [1.82, 2.24) is 9.78 Å². The predicted octanol–water partition coefficient (Wildman–Crippen LogP) is 2.44. The van der Waals surface area contributed by atoms with Gasteiger partial charge in [0, 0.05) is 17.2 Å². The molecule has 1 unspecified atom stereocenters. The first-order valence-electron chi connectivity index (χ1n) is 5.71. The topological polar surface area (TPSA) is 37.8 Å². The highest BCUT2D eigenvalue weighted by Crippen LogP contribution is 2.38. The van der Waals surface area contributed by atoms with E-state index in [2.05, 4.69) is 32.8 Å². The summed E-state index contributed by atoms with van der Waals surface area (Å²) < 4.78 is 1.79. The van der Waals surface area contributed by atoms with Crippen LogP contribution in [-0.4, -0.2) is 9.78 Å². The van der Waals surface area contributed by atoms with E-state index in [1.165, 1.54) is 12.8 Å². The molecule has 84 valence electrons. The maximum absolute atomic E-state index is 11.8. The van der Waals surface area contributed by atoms with Crippen molar-refractivity contribution in [2.24, 2.45) is 5.92 Å². The van der Waals surface area contributed by atoms with Crippen LogP contribution in [0.4, 0.5) is 0 Å². The molecule has 1 aliphatic carbocycles. The second kappa shape index (κ2) is 3.26. The van der Waals surface area contributed by atoms with E-state index in [9.17, 15) is 4.79 Å². The van der Waals surface area contributed by atoms with Crippen LogP contribution in [0.2, 0.25) is 0 Å². The van der Waals surface area contributed by atoms with E-state index < -0.39 is 0 Å².